The van der Waals surface area contributed by atoms with Gasteiger partial charge in [-0.05, 0) is 46.9 Å². The zero-order valence-electron chi connectivity index (χ0n) is 18.2. The van der Waals surface area contributed by atoms with Crippen molar-refractivity contribution in [3.8, 4) is 11.8 Å². The first-order chi connectivity index (χ1) is 16.7. The lowest BCUT2D eigenvalue weighted by atomic mass is 10.1. The molecule has 0 aliphatic carbocycles. The average Bonchev–Trinajstić information content (AvgIpc) is 3.19. The molecule has 0 spiro atoms. The summed E-state index contributed by atoms with van der Waals surface area (Å²) < 4.78 is 47.7. The highest BCUT2D eigenvalue weighted by atomic mass is 19.4. The van der Waals surface area contributed by atoms with Gasteiger partial charge in [-0.25, -0.2) is 0 Å². The van der Waals surface area contributed by atoms with Crippen molar-refractivity contribution < 1.29 is 32.4 Å². The minimum Gasteiger partial charge on any atom is -0.444 e. The number of fused-ring (bicyclic) bond motifs is 1. The van der Waals surface area contributed by atoms with Crippen molar-refractivity contribution in [1.82, 2.24) is 14.5 Å². The van der Waals surface area contributed by atoms with Crippen molar-refractivity contribution in [1.29, 1.82) is 0 Å². The van der Waals surface area contributed by atoms with Gasteiger partial charge in [-0.15, -0.1) is 13.2 Å². The summed E-state index contributed by atoms with van der Waals surface area (Å²) in [6, 6.07) is 12.0. The molecular formula is C22H20F3N5O5. The zero-order chi connectivity index (χ0) is 25.0. The molecule has 0 atom stereocenters. The number of imidazole rings is 1. The maximum Gasteiger partial charge on any atom is 0.573 e. The van der Waals surface area contributed by atoms with E-state index < -0.39 is 17.2 Å². The van der Waals surface area contributed by atoms with Crippen LogP contribution in [-0.2, 0) is 13.1 Å². The standard InChI is InChI=1S/C22H20F3N5O5/c23-22(24,25)35-18-7-5-17(6-8-18)26-20(31)16-3-1-15(2-4-16)13-28-9-10-29-14-19(30(32)33)27-21(29)34-12-11-28/h1-8,14H,9-13H2,(H,26,31). The molecular weight excluding hydrogens is 471 g/mol. The Hall–Kier alpha value is -4.13. The number of ether oxygens (including phenoxy) is 2. The second-order valence-corrected chi connectivity index (χ2v) is 7.68. The Balaban J connectivity index is 1.32. The van der Waals surface area contributed by atoms with Crippen LogP contribution in [0.3, 0.4) is 0 Å². The number of carbonyl (C=O) groups excluding carboxylic acids is 1. The largest absolute Gasteiger partial charge is 0.573 e. The van der Waals surface area contributed by atoms with Gasteiger partial charge in [0.05, 0.1) is 0 Å². The summed E-state index contributed by atoms with van der Waals surface area (Å²) in [5.41, 5.74) is 1.66. The van der Waals surface area contributed by atoms with Crippen molar-refractivity contribution in [2.75, 3.05) is 25.0 Å². The molecule has 1 N–H and O–H groups in total. The number of aromatic nitrogens is 2. The van der Waals surface area contributed by atoms with Gasteiger partial charge in [0.25, 0.3) is 5.91 Å². The van der Waals surface area contributed by atoms with Crippen LogP contribution in [0.2, 0.25) is 0 Å². The fraction of sp³-hybridized carbons (Fsp3) is 0.273. The Labute approximate surface area is 197 Å². The molecule has 1 aliphatic rings. The van der Waals surface area contributed by atoms with Crippen LogP contribution in [0.4, 0.5) is 24.7 Å². The van der Waals surface area contributed by atoms with Gasteiger partial charge in [-0.1, -0.05) is 12.1 Å². The number of hydrogen-bond acceptors (Lipinski definition) is 7. The summed E-state index contributed by atoms with van der Waals surface area (Å²) in [4.78, 5) is 28.8. The molecule has 0 radical (unpaired) electrons. The van der Waals surface area contributed by atoms with E-state index in [2.05, 4.69) is 19.9 Å². The first-order valence-electron chi connectivity index (χ1n) is 10.5. The molecule has 2 heterocycles. The van der Waals surface area contributed by atoms with Gasteiger partial charge in [-0.3, -0.25) is 14.3 Å². The zero-order valence-corrected chi connectivity index (χ0v) is 18.2. The highest BCUT2D eigenvalue weighted by molar-refractivity contribution is 6.04. The second-order valence-electron chi connectivity index (χ2n) is 7.68. The molecule has 1 aliphatic heterocycles. The van der Waals surface area contributed by atoms with E-state index in [0.717, 1.165) is 17.7 Å². The number of rotatable bonds is 6. The van der Waals surface area contributed by atoms with Gasteiger partial charge in [0, 0.05) is 42.4 Å². The SMILES string of the molecule is O=C(Nc1ccc(OC(F)(F)F)cc1)c1ccc(CN2CCOc3nc([N+](=O)[O-])cn3CC2)cc1. The average molecular weight is 491 g/mol. The lowest BCUT2D eigenvalue weighted by Crippen LogP contribution is -2.33. The highest BCUT2D eigenvalue weighted by Gasteiger charge is 2.31. The molecule has 1 aromatic heterocycles. The molecule has 0 bridgehead atoms. The lowest BCUT2D eigenvalue weighted by molar-refractivity contribution is -0.389. The Morgan fingerprint density at radius 2 is 1.83 bits per heavy atom. The molecule has 10 nitrogen and oxygen atoms in total. The van der Waals surface area contributed by atoms with Crippen LogP contribution < -0.4 is 14.8 Å². The summed E-state index contributed by atoms with van der Waals surface area (Å²) in [5.74, 6) is -1.04. The summed E-state index contributed by atoms with van der Waals surface area (Å²) >= 11 is 0. The normalized spacial score (nSPS) is 14.3. The third-order valence-corrected chi connectivity index (χ3v) is 5.18. The summed E-state index contributed by atoms with van der Waals surface area (Å²) in [5, 5.41) is 13.6. The van der Waals surface area contributed by atoms with Crippen LogP contribution in [0.15, 0.2) is 54.7 Å². The van der Waals surface area contributed by atoms with Crippen LogP contribution in [-0.4, -0.2) is 51.3 Å². The summed E-state index contributed by atoms with van der Waals surface area (Å²) in [6.07, 6.45) is -3.43. The summed E-state index contributed by atoms with van der Waals surface area (Å²) in [6.45, 7) is 2.60. The van der Waals surface area contributed by atoms with E-state index in [9.17, 15) is 28.1 Å². The fourth-order valence-electron chi connectivity index (χ4n) is 3.50. The number of nitro groups is 1. The van der Waals surface area contributed by atoms with E-state index >= 15 is 0 Å². The molecule has 1 amide bonds. The molecule has 0 saturated heterocycles. The number of nitrogens with zero attached hydrogens (tertiary/aromatic N) is 4. The second kappa shape index (κ2) is 10.0. The van der Waals surface area contributed by atoms with Gasteiger partial charge in [0.15, 0.2) is 0 Å². The van der Waals surface area contributed by atoms with Gasteiger partial charge in [-0.2, -0.15) is 0 Å². The Morgan fingerprint density at radius 3 is 2.49 bits per heavy atom. The van der Waals surface area contributed by atoms with Gasteiger partial charge in [0.1, 0.15) is 18.6 Å². The first kappa shape index (κ1) is 24.0. The number of amides is 1. The monoisotopic (exact) mass is 491 g/mol. The predicted molar refractivity (Wildman–Crippen MR) is 117 cm³/mol. The Kier molecular flexibility index (Phi) is 6.87. The third kappa shape index (κ3) is 6.47. The van der Waals surface area contributed by atoms with Crippen LogP contribution in [0.25, 0.3) is 0 Å². The maximum atomic E-state index is 12.5. The number of halogens is 3. The molecule has 13 heteroatoms. The number of carbonyl (C=O) groups is 1. The van der Waals surface area contributed by atoms with Crippen LogP contribution in [0.1, 0.15) is 15.9 Å². The number of benzene rings is 2. The molecule has 4 rings (SSSR count). The molecule has 0 unspecified atom stereocenters. The van der Waals surface area contributed by atoms with Crippen LogP contribution >= 0.6 is 0 Å². The van der Waals surface area contributed by atoms with Crippen LogP contribution in [0.5, 0.6) is 11.8 Å². The van der Waals surface area contributed by atoms with E-state index in [1.165, 1.54) is 18.3 Å². The molecule has 0 saturated carbocycles. The Morgan fingerprint density at radius 1 is 1.11 bits per heavy atom. The van der Waals surface area contributed by atoms with Gasteiger partial charge >= 0.3 is 18.2 Å². The molecule has 35 heavy (non-hydrogen) atoms. The van der Waals surface area contributed by atoms with Crippen molar-refractivity contribution >= 4 is 17.4 Å². The van der Waals surface area contributed by atoms with E-state index in [-0.39, 0.29) is 17.6 Å². The van der Waals surface area contributed by atoms with E-state index in [4.69, 9.17) is 4.74 Å². The van der Waals surface area contributed by atoms with Crippen molar-refractivity contribution in [2.24, 2.45) is 0 Å². The number of anilines is 1. The van der Waals surface area contributed by atoms with E-state index in [1.807, 2.05) is 12.1 Å². The van der Waals surface area contributed by atoms with Crippen molar-refractivity contribution in [3.05, 3.63) is 76.0 Å². The van der Waals surface area contributed by atoms with Gasteiger partial charge < -0.3 is 24.9 Å². The molecule has 3 aromatic rings. The fourth-order valence-corrected chi connectivity index (χ4v) is 3.50. The lowest BCUT2D eigenvalue weighted by Gasteiger charge is -2.24. The quantitative estimate of drug-likeness (QED) is 0.412. The van der Waals surface area contributed by atoms with Crippen LogP contribution in [0, 0.1) is 10.1 Å². The number of alkyl halides is 3. The Bertz CT molecular complexity index is 1200. The number of hydrogen-bond donors (Lipinski definition) is 1. The highest BCUT2D eigenvalue weighted by Crippen LogP contribution is 2.24. The predicted octanol–water partition coefficient (Wildman–Crippen LogP) is 3.84. The van der Waals surface area contributed by atoms with Crippen molar-refractivity contribution in [3.63, 3.8) is 0 Å². The third-order valence-electron chi connectivity index (χ3n) is 5.18. The topological polar surface area (TPSA) is 112 Å². The van der Waals surface area contributed by atoms with Crippen molar-refractivity contribution in [2.45, 2.75) is 19.5 Å². The minimum atomic E-state index is -4.78. The summed E-state index contributed by atoms with van der Waals surface area (Å²) in [7, 11) is 0. The van der Waals surface area contributed by atoms with Gasteiger partial charge in [0.2, 0.25) is 0 Å². The molecule has 0 fully saturated rings. The number of nitrogens with one attached hydrogen (secondary N) is 1. The minimum absolute atomic E-state index is 0.231. The smallest absolute Gasteiger partial charge is 0.444 e. The molecule has 2 aromatic carbocycles. The maximum absolute atomic E-state index is 12.5. The first-order valence-corrected chi connectivity index (χ1v) is 10.5. The molecule has 184 valence electrons. The van der Waals surface area contributed by atoms with E-state index in [1.54, 1.807) is 16.7 Å². The van der Waals surface area contributed by atoms with E-state index in [0.29, 0.717) is 44.0 Å².